The average molecular weight is 382 g/mol. The predicted molar refractivity (Wildman–Crippen MR) is 106 cm³/mol. The molecule has 1 amide bonds. The fourth-order valence-electron chi connectivity index (χ4n) is 4.25. The van der Waals surface area contributed by atoms with Gasteiger partial charge in [-0.1, -0.05) is 0 Å². The fraction of sp³-hybridized carbons (Fsp3) is 0.524. The number of hydrogen-bond donors (Lipinski definition) is 2. The third-order valence-corrected chi connectivity index (χ3v) is 6.34. The zero-order valence-electron chi connectivity index (χ0n) is 16.1. The number of ether oxygens (including phenoxy) is 1. The van der Waals surface area contributed by atoms with Crippen molar-refractivity contribution in [1.82, 2.24) is 15.1 Å². The van der Waals surface area contributed by atoms with Gasteiger partial charge in [-0.2, -0.15) is 5.10 Å². The number of fused-ring (bicyclic) bond motifs is 1. The molecule has 5 rings (SSSR count). The first-order valence-corrected chi connectivity index (χ1v) is 10.2. The van der Waals surface area contributed by atoms with Crippen LogP contribution in [0.5, 0.6) is 5.75 Å². The molecule has 148 valence electrons. The lowest BCUT2D eigenvalue weighted by atomic mass is 9.91. The van der Waals surface area contributed by atoms with Crippen LogP contribution >= 0.6 is 0 Å². The summed E-state index contributed by atoms with van der Waals surface area (Å²) in [5.41, 5.74) is 3.83. The van der Waals surface area contributed by atoms with Crippen LogP contribution in [-0.4, -0.2) is 46.2 Å². The highest BCUT2D eigenvalue weighted by molar-refractivity contribution is 5.91. The summed E-state index contributed by atoms with van der Waals surface area (Å²) in [7, 11) is 0. The van der Waals surface area contributed by atoms with E-state index in [4.69, 9.17) is 4.74 Å². The Kier molecular flexibility index (Phi) is 4.27. The normalized spacial score (nSPS) is 22.3. The number of carbonyl (C=O) groups is 1. The van der Waals surface area contributed by atoms with Gasteiger partial charge in [-0.05, 0) is 51.2 Å². The van der Waals surface area contributed by atoms with Gasteiger partial charge in [0.15, 0.2) is 0 Å². The van der Waals surface area contributed by atoms with Gasteiger partial charge in [0.25, 0.3) is 0 Å². The number of rotatable bonds is 4. The lowest BCUT2D eigenvalue weighted by molar-refractivity contribution is 0.119. The highest BCUT2D eigenvalue weighted by Crippen LogP contribution is 2.44. The molecule has 7 nitrogen and oxygen atoms in total. The monoisotopic (exact) mass is 382 g/mol. The van der Waals surface area contributed by atoms with Crippen LogP contribution in [-0.2, 0) is 6.42 Å². The molecule has 1 saturated carbocycles. The summed E-state index contributed by atoms with van der Waals surface area (Å²) in [6.45, 7) is 3.86. The summed E-state index contributed by atoms with van der Waals surface area (Å²) in [5, 5.41) is 17.6. The molecule has 1 aliphatic carbocycles. The van der Waals surface area contributed by atoms with Crippen molar-refractivity contribution < 1.29 is 14.6 Å². The van der Waals surface area contributed by atoms with Crippen LogP contribution in [0.2, 0.25) is 0 Å². The molecule has 1 aromatic carbocycles. The Bertz CT molecular complexity index is 901. The standard InChI is InChI=1S/C21H26N4O3/c1-13-5-6-18-19(25(13)21(26)27)8-7-17(20(18)28-16-3-2-4-16)14-9-23-24(12-14)15-10-22-11-15/h7-9,12-13,15-16,22H,2-6,10-11H2,1H3,(H,26,27)/t13-/m0/s1. The van der Waals surface area contributed by atoms with Crippen molar-refractivity contribution in [3.8, 4) is 16.9 Å². The first-order chi connectivity index (χ1) is 13.6. The number of hydrogen-bond acceptors (Lipinski definition) is 4. The highest BCUT2D eigenvalue weighted by Gasteiger charge is 2.33. The van der Waals surface area contributed by atoms with Gasteiger partial charge in [-0.3, -0.25) is 9.58 Å². The first-order valence-electron chi connectivity index (χ1n) is 10.2. The highest BCUT2D eigenvalue weighted by atomic mass is 16.5. The molecule has 2 fully saturated rings. The summed E-state index contributed by atoms with van der Waals surface area (Å²) in [4.78, 5) is 13.4. The summed E-state index contributed by atoms with van der Waals surface area (Å²) in [5.74, 6) is 0.853. The molecule has 28 heavy (non-hydrogen) atoms. The second-order valence-electron chi connectivity index (χ2n) is 8.17. The zero-order valence-corrected chi connectivity index (χ0v) is 16.1. The van der Waals surface area contributed by atoms with Gasteiger partial charge in [0.2, 0.25) is 0 Å². The van der Waals surface area contributed by atoms with E-state index in [0.29, 0.717) is 6.04 Å². The molecule has 1 atom stereocenters. The minimum Gasteiger partial charge on any atom is -0.489 e. The Balaban J connectivity index is 1.58. The Hall–Kier alpha value is -2.54. The molecular formula is C21H26N4O3. The minimum atomic E-state index is -0.902. The van der Waals surface area contributed by atoms with Crippen LogP contribution in [0.4, 0.5) is 10.5 Å². The molecule has 2 aliphatic heterocycles. The molecule has 2 N–H and O–H groups in total. The summed E-state index contributed by atoms with van der Waals surface area (Å²) < 4.78 is 8.46. The van der Waals surface area contributed by atoms with E-state index in [0.717, 1.165) is 66.9 Å². The van der Waals surface area contributed by atoms with E-state index in [1.165, 1.54) is 11.3 Å². The number of benzene rings is 1. The zero-order chi connectivity index (χ0) is 19.3. The molecule has 7 heteroatoms. The SMILES string of the molecule is C[C@H]1CCc2c(ccc(-c3cnn(C4CNC4)c3)c2OC2CCC2)N1C(=O)O. The maximum Gasteiger partial charge on any atom is 0.412 e. The average Bonchev–Trinajstić information content (AvgIpc) is 3.04. The number of nitrogens with one attached hydrogen (secondary N) is 1. The summed E-state index contributed by atoms with van der Waals surface area (Å²) in [6.07, 6.45) is 8.27. The molecule has 0 radical (unpaired) electrons. The first kappa shape index (κ1) is 17.6. The Morgan fingerprint density at radius 3 is 2.75 bits per heavy atom. The number of nitrogens with zero attached hydrogens (tertiary/aromatic N) is 3. The van der Waals surface area contributed by atoms with Crippen LogP contribution in [0.25, 0.3) is 11.1 Å². The van der Waals surface area contributed by atoms with Crippen LogP contribution in [0.3, 0.4) is 0 Å². The van der Waals surface area contributed by atoms with Gasteiger partial charge >= 0.3 is 6.09 Å². The third-order valence-electron chi connectivity index (χ3n) is 6.34. The second-order valence-corrected chi connectivity index (χ2v) is 8.17. The molecule has 1 saturated heterocycles. The van der Waals surface area contributed by atoms with Crippen molar-refractivity contribution in [2.75, 3.05) is 18.0 Å². The molecule has 0 unspecified atom stereocenters. The molecular weight excluding hydrogens is 356 g/mol. The predicted octanol–water partition coefficient (Wildman–Crippen LogP) is 3.44. The summed E-state index contributed by atoms with van der Waals surface area (Å²) >= 11 is 0. The lowest BCUT2D eigenvalue weighted by Gasteiger charge is -2.36. The molecule has 1 aromatic heterocycles. The smallest absolute Gasteiger partial charge is 0.412 e. The van der Waals surface area contributed by atoms with Gasteiger partial charge in [0, 0.05) is 42.0 Å². The van der Waals surface area contributed by atoms with Gasteiger partial charge < -0.3 is 15.2 Å². The van der Waals surface area contributed by atoms with E-state index < -0.39 is 6.09 Å². The lowest BCUT2D eigenvalue weighted by Crippen LogP contribution is -2.43. The van der Waals surface area contributed by atoms with E-state index in [1.54, 1.807) is 0 Å². The van der Waals surface area contributed by atoms with Gasteiger partial charge in [-0.25, -0.2) is 4.79 Å². The van der Waals surface area contributed by atoms with Crippen LogP contribution < -0.4 is 15.0 Å². The maximum atomic E-state index is 11.9. The third kappa shape index (κ3) is 2.85. The van der Waals surface area contributed by atoms with E-state index in [-0.39, 0.29) is 12.1 Å². The van der Waals surface area contributed by atoms with Gasteiger partial charge in [-0.15, -0.1) is 0 Å². The molecule has 0 bridgehead atoms. The number of amides is 1. The van der Waals surface area contributed by atoms with E-state index in [9.17, 15) is 9.90 Å². The van der Waals surface area contributed by atoms with Crippen molar-refractivity contribution in [1.29, 1.82) is 0 Å². The fourth-order valence-corrected chi connectivity index (χ4v) is 4.25. The van der Waals surface area contributed by atoms with E-state index >= 15 is 0 Å². The van der Waals surface area contributed by atoms with Crippen LogP contribution in [0.1, 0.15) is 44.2 Å². The molecule has 3 aliphatic rings. The Labute approximate surface area is 164 Å². The van der Waals surface area contributed by atoms with Crippen molar-refractivity contribution >= 4 is 11.8 Å². The Morgan fingerprint density at radius 2 is 2.11 bits per heavy atom. The van der Waals surface area contributed by atoms with Gasteiger partial charge in [0.1, 0.15) is 5.75 Å². The van der Waals surface area contributed by atoms with E-state index in [1.807, 2.05) is 29.9 Å². The van der Waals surface area contributed by atoms with Crippen molar-refractivity contribution in [3.05, 3.63) is 30.1 Å². The van der Waals surface area contributed by atoms with Crippen molar-refractivity contribution in [3.63, 3.8) is 0 Å². The second kappa shape index (κ2) is 6.81. The number of aromatic nitrogens is 2. The largest absolute Gasteiger partial charge is 0.489 e. The van der Waals surface area contributed by atoms with Crippen molar-refractivity contribution in [2.24, 2.45) is 0 Å². The van der Waals surface area contributed by atoms with Crippen molar-refractivity contribution in [2.45, 2.75) is 57.2 Å². The molecule has 3 heterocycles. The molecule has 0 spiro atoms. The number of anilines is 1. The molecule has 2 aromatic rings. The quantitative estimate of drug-likeness (QED) is 0.847. The topological polar surface area (TPSA) is 79.6 Å². The van der Waals surface area contributed by atoms with Crippen LogP contribution in [0, 0.1) is 0 Å². The Morgan fingerprint density at radius 1 is 1.29 bits per heavy atom. The van der Waals surface area contributed by atoms with Crippen LogP contribution in [0.15, 0.2) is 24.5 Å². The minimum absolute atomic E-state index is 0.0266. The number of carboxylic acid groups (broad SMARTS) is 1. The maximum absolute atomic E-state index is 11.9. The van der Waals surface area contributed by atoms with E-state index in [2.05, 4.69) is 16.6 Å². The summed E-state index contributed by atoms with van der Waals surface area (Å²) in [6, 6.07) is 4.32. The van der Waals surface area contributed by atoms with Gasteiger partial charge in [0.05, 0.1) is 24.0 Å².